The van der Waals surface area contributed by atoms with E-state index in [1.54, 1.807) is 11.3 Å². The van der Waals surface area contributed by atoms with Gasteiger partial charge in [-0.3, -0.25) is 4.79 Å². The third-order valence-electron chi connectivity index (χ3n) is 9.80. The van der Waals surface area contributed by atoms with Crippen molar-refractivity contribution < 1.29 is 14.0 Å². The van der Waals surface area contributed by atoms with Crippen LogP contribution in [-0.4, -0.2) is 34.8 Å². The maximum atomic E-state index is 11.8. The molecule has 3 heterocycles. The molecule has 0 saturated heterocycles. The van der Waals surface area contributed by atoms with Crippen molar-refractivity contribution in [1.29, 1.82) is 0 Å². The van der Waals surface area contributed by atoms with E-state index >= 15 is 0 Å². The normalized spacial score (nSPS) is 14.0. The molecule has 1 aliphatic heterocycles. The molecule has 6 rings (SSSR count). The summed E-state index contributed by atoms with van der Waals surface area (Å²) in [5.41, 5.74) is 3.22. The van der Waals surface area contributed by atoms with Gasteiger partial charge < -0.3 is 14.1 Å². The van der Waals surface area contributed by atoms with Gasteiger partial charge >= 0.3 is 0 Å². The maximum absolute atomic E-state index is 11.8. The summed E-state index contributed by atoms with van der Waals surface area (Å²) in [6.07, 6.45) is 2.81. The number of hydrogen-bond acceptors (Lipinski definition) is 6. The summed E-state index contributed by atoms with van der Waals surface area (Å²) in [6.45, 7) is 17.5. The van der Waals surface area contributed by atoms with E-state index in [1.165, 1.54) is 31.3 Å². The molecule has 0 amide bonds. The number of aldehydes is 1. The molecule has 0 spiro atoms. The van der Waals surface area contributed by atoms with E-state index in [2.05, 4.69) is 151 Å². The lowest BCUT2D eigenvalue weighted by molar-refractivity contribution is 0.0209. The quantitative estimate of drug-likeness (QED) is 0.0896. The lowest BCUT2D eigenvalue weighted by Gasteiger charge is -2.43. The van der Waals surface area contributed by atoms with Gasteiger partial charge in [0, 0.05) is 35.8 Å². The van der Waals surface area contributed by atoms with Crippen LogP contribution in [0.3, 0.4) is 0 Å². The van der Waals surface area contributed by atoms with Gasteiger partial charge in [0.05, 0.1) is 21.2 Å². The summed E-state index contributed by atoms with van der Waals surface area (Å²) >= 11 is 3.37. The van der Waals surface area contributed by atoms with Gasteiger partial charge in [0.2, 0.25) is 0 Å². The number of rotatable bonds is 13. The highest BCUT2D eigenvalue weighted by Crippen LogP contribution is 2.57. The number of thiophene rings is 2. The monoisotopic (exact) mass is 721 g/mol. The van der Waals surface area contributed by atoms with Crippen molar-refractivity contribution in [3.8, 4) is 25.9 Å². The number of benzene rings is 3. The van der Waals surface area contributed by atoms with Crippen LogP contribution in [0.25, 0.3) is 20.2 Å². The van der Waals surface area contributed by atoms with E-state index < -0.39 is 13.9 Å². The SMILES string of the molecule is CC(C)CC1(CC(C)C)Oc2cc(C=O)sc2-c2sc(-c3ccc(N(C)CCO[Si](c4ccccc4)(c4ccccc4)C(C)(C)C)cc3)cc21. The number of fused-ring (bicyclic) bond motifs is 3. The highest BCUT2D eigenvalue weighted by molar-refractivity contribution is 7.25. The van der Waals surface area contributed by atoms with Crippen molar-refractivity contribution in [3.05, 3.63) is 108 Å². The zero-order chi connectivity index (χ0) is 35.7. The molecule has 0 N–H and O–H groups in total. The molecule has 4 nitrogen and oxygen atoms in total. The minimum absolute atomic E-state index is 0.0541. The Morgan fingerprint density at radius 3 is 1.92 bits per heavy atom. The van der Waals surface area contributed by atoms with E-state index in [0.29, 0.717) is 23.3 Å². The number of carbonyl (C=O) groups is 1. The van der Waals surface area contributed by atoms with Crippen LogP contribution in [0, 0.1) is 11.8 Å². The van der Waals surface area contributed by atoms with Gasteiger partial charge in [-0.1, -0.05) is 121 Å². The van der Waals surface area contributed by atoms with Crippen molar-refractivity contribution in [1.82, 2.24) is 0 Å². The first-order valence-electron chi connectivity index (χ1n) is 17.9. The van der Waals surface area contributed by atoms with Gasteiger partial charge in [-0.2, -0.15) is 0 Å². The Balaban J connectivity index is 1.26. The van der Waals surface area contributed by atoms with Gasteiger partial charge in [0.25, 0.3) is 8.32 Å². The minimum Gasteiger partial charge on any atom is -0.481 e. The zero-order valence-electron chi connectivity index (χ0n) is 30.8. The molecule has 0 radical (unpaired) electrons. The number of carbonyl (C=O) groups excluding carboxylic acids is 1. The molecule has 262 valence electrons. The van der Waals surface area contributed by atoms with E-state index in [9.17, 15) is 4.79 Å². The fraction of sp³-hybridized carbons (Fsp3) is 0.372. The lowest BCUT2D eigenvalue weighted by atomic mass is 9.78. The van der Waals surface area contributed by atoms with Gasteiger partial charge in [0.1, 0.15) is 11.4 Å². The van der Waals surface area contributed by atoms with Crippen molar-refractivity contribution in [2.75, 3.05) is 25.1 Å². The highest BCUT2D eigenvalue weighted by Gasteiger charge is 2.50. The first-order chi connectivity index (χ1) is 23.9. The number of likely N-dealkylation sites (N-methyl/N-ethyl adjacent to an activating group) is 1. The molecule has 0 saturated carbocycles. The standard InChI is InChI=1S/C43H51NO3S2Si/c1-30(2)27-43(28-31(3)4)37-26-39(49-40(37)41-38(47-43)25-34(29-45)48-41)32-19-21-33(22-20-32)44(8)23-24-46-50(42(5,6)7,35-15-11-9-12-16-35)36-17-13-10-14-18-36/h9-22,25-26,29-31H,23-24,27-28H2,1-8H3. The fourth-order valence-corrected chi connectivity index (χ4v) is 14.7. The Morgan fingerprint density at radius 2 is 1.40 bits per heavy atom. The zero-order valence-corrected chi connectivity index (χ0v) is 33.4. The van der Waals surface area contributed by atoms with Crippen molar-refractivity contribution >= 4 is 53.3 Å². The molecule has 2 aromatic heterocycles. The summed E-state index contributed by atoms with van der Waals surface area (Å²) in [6, 6.07) is 34.9. The molecule has 0 bridgehead atoms. The second-order valence-corrected chi connectivity index (χ2v) is 22.0. The van der Waals surface area contributed by atoms with Crippen LogP contribution in [0.5, 0.6) is 5.75 Å². The van der Waals surface area contributed by atoms with Gasteiger partial charge in [-0.25, -0.2) is 0 Å². The summed E-state index contributed by atoms with van der Waals surface area (Å²) < 4.78 is 14.1. The second-order valence-electron chi connectivity index (χ2n) is 15.6. The van der Waals surface area contributed by atoms with Crippen LogP contribution >= 0.6 is 22.7 Å². The number of anilines is 1. The number of hydrogen-bond donors (Lipinski definition) is 0. The van der Waals surface area contributed by atoms with Gasteiger partial charge in [0.15, 0.2) is 6.29 Å². The Kier molecular flexibility index (Phi) is 10.6. The average Bonchev–Trinajstić information content (AvgIpc) is 3.72. The Morgan fingerprint density at radius 1 is 0.820 bits per heavy atom. The summed E-state index contributed by atoms with van der Waals surface area (Å²) in [4.78, 5) is 18.4. The van der Waals surface area contributed by atoms with E-state index in [1.807, 2.05) is 17.4 Å². The minimum atomic E-state index is -2.59. The van der Waals surface area contributed by atoms with E-state index in [0.717, 1.165) is 42.0 Å². The molecule has 5 aromatic rings. The molecule has 7 heteroatoms. The van der Waals surface area contributed by atoms with E-state index in [-0.39, 0.29) is 5.04 Å². The van der Waals surface area contributed by atoms with Crippen LogP contribution in [0.1, 0.15) is 76.5 Å². The Labute approximate surface area is 308 Å². The molecule has 1 aliphatic rings. The molecule has 3 aromatic carbocycles. The summed E-state index contributed by atoms with van der Waals surface area (Å²) in [5.74, 6) is 1.79. The molecule has 50 heavy (non-hydrogen) atoms. The van der Waals surface area contributed by atoms with Crippen molar-refractivity contribution in [2.24, 2.45) is 11.8 Å². The Bertz CT molecular complexity index is 1840. The molecule has 0 atom stereocenters. The highest BCUT2D eigenvalue weighted by atomic mass is 32.1. The van der Waals surface area contributed by atoms with Crippen LogP contribution in [0.2, 0.25) is 5.04 Å². The topological polar surface area (TPSA) is 38.8 Å². The first-order valence-corrected chi connectivity index (χ1v) is 21.4. The van der Waals surface area contributed by atoms with Crippen LogP contribution < -0.4 is 20.0 Å². The number of ether oxygens (including phenoxy) is 1. The smallest absolute Gasteiger partial charge is 0.261 e. The second kappa shape index (κ2) is 14.6. The average molecular weight is 722 g/mol. The molecular weight excluding hydrogens is 671 g/mol. The van der Waals surface area contributed by atoms with Crippen LogP contribution in [0.4, 0.5) is 5.69 Å². The van der Waals surface area contributed by atoms with Gasteiger partial charge in [-0.15, -0.1) is 22.7 Å². The predicted octanol–water partition coefficient (Wildman–Crippen LogP) is 10.6. The summed E-state index contributed by atoms with van der Waals surface area (Å²) in [5, 5.41) is 2.55. The first kappa shape index (κ1) is 36.3. The lowest BCUT2D eigenvalue weighted by Crippen LogP contribution is -2.67. The number of nitrogens with zero attached hydrogens (tertiary/aromatic N) is 1. The van der Waals surface area contributed by atoms with Crippen molar-refractivity contribution in [3.63, 3.8) is 0 Å². The molecule has 0 aliphatic carbocycles. The third kappa shape index (κ3) is 7.03. The molecule has 0 unspecified atom stereocenters. The van der Waals surface area contributed by atoms with E-state index in [4.69, 9.17) is 9.16 Å². The summed E-state index contributed by atoms with van der Waals surface area (Å²) in [7, 11) is -0.436. The Hall–Kier alpha value is -3.49. The van der Waals surface area contributed by atoms with Crippen molar-refractivity contribution in [2.45, 2.75) is 71.9 Å². The third-order valence-corrected chi connectivity index (χ3v) is 17.2. The fourth-order valence-electron chi connectivity index (χ4n) is 7.80. The largest absolute Gasteiger partial charge is 0.481 e. The van der Waals surface area contributed by atoms with Crippen LogP contribution in [-0.2, 0) is 10.0 Å². The molecule has 0 fully saturated rings. The van der Waals surface area contributed by atoms with Gasteiger partial charge in [-0.05, 0) is 63.9 Å². The molecular formula is C43H51NO3S2Si. The van der Waals surface area contributed by atoms with Crippen LogP contribution in [0.15, 0.2) is 97.1 Å². The predicted molar refractivity (Wildman–Crippen MR) is 217 cm³/mol. The maximum Gasteiger partial charge on any atom is 0.261 e.